The van der Waals surface area contributed by atoms with Crippen LogP contribution in [0.2, 0.25) is 10.0 Å². The van der Waals surface area contributed by atoms with Crippen molar-refractivity contribution in [2.24, 2.45) is 5.92 Å². The number of carbonyl (C=O) groups excluding carboxylic acids is 3. The third-order valence-corrected chi connectivity index (χ3v) is 6.32. The zero-order valence-electron chi connectivity index (χ0n) is 16.7. The molecule has 0 aliphatic carbocycles. The predicted octanol–water partition coefficient (Wildman–Crippen LogP) is 3.49. The highest BCUT2D eigenvalue weighted by atomic mass is 35.5. The highest BCUT2D eigenvalue weighted by Gasteiger charge is 2.28. The first-order chi connectivity index (χ1) is 13.8. The fraction of sp³-hybridized carbons (Fsp3) is 0.550. The fourth-order valence-electron chi connectivity index (χ4n) is 3.01. The van der Waals surface area contributed by atoms with E-state index in [0.717, 1.165) is 5.56 Å². The molecule has 1 aliphatic rings. The van der Waals surface area contributed by atoms with Gasteiger partial charge in [-0.25, -0.2) is 0 Å². The van der Waals surface area contributed by atoms with E-state index in [4.69, 9.17) is 27.9 Å². The van der Waals surface area contributed by atoms with Crippen molar-refractivity contribution in [1.29, 1.82) is 0 Å². The van der Waals surface area contributed by atoms with E-state index >= 15 is 0 Å². The van der Waals surface area contributed by atoms with Gasteiger partial charge in [-0.1, -0.05) is 29.3 Å². The van der Waals surface area contributed by atoms with E-state index in [2.05, 4.69) is 0 Å². The SMILES string of the molecule is CCOC(=O)C1CCN(C(=O)CN(C)C(=O)CSCc2ccc(Cl)cc2Cl)CC1. The lowest BCUT2D eigenvalue weighted by Gasteiger charge is -2.32. The van der Waals surface area contributed by atoms with Crippen molar-refractivity contribution in [2.75, 3.05) is 39.0 Å². The van der Waals surface area contributed by atoms with Crippen LogP contribution >= 0.6 is 35.0 Å². The smallest absolute Gasteiger partial charge is 0.309 e. The largest absolute Gasteiger partial charge is 0.466 e. The van der Waals surface area contributed by atoms with Crippen LogP contribution < -0.4 is 0 Å². The van der Waals surface area contributed by atoms with Crippen molar-refractivity contribution >= 4 is 52.7 Å². The monoisotopic (exact) mass is 460 g/mol. The number of likely N-dealkylation sites (tertiary alicyclic amines) is 1. The molecule has 1 heterocycles. The summed E-state index contributed by atoms with van der Waals surface area (Å²) < 4.78 is 5.04. The van der Waals surface area contributed by atoms with Crippen LogP contribution in [0.1, 0.15) is 25.3 Å². The summed E-state index contributed by atoms with van der Waals surface area (Å²) in [5, 5.41) is 1.15. The molecule has 1 saturated heterocycles. The summed E-state index contributed by atoms with van der Waals surface area (Å²) in [5.74, 6) is 0.293. The number of ether oxygens (including phenoxy) is 1. The number of likely N-dealkylation sites (N-methyl/N-ethyl adjacent to an activating group) is 1. The van der Waals surface area contributed by atoms with E-state index in [1.807, 2.05) is 6.07 Å². The zero-order valence-corrected chi connectivity index (χ0v) is 19.0. The quantitative estimate of drug-likeness (QED) is 0.555. The van der Waals surface area contributed by atoms with Gasteiger partial charge in [-0.15, -0.1) is 11.8 Å². The second kappa shape index (κ2) is 11.7. The lowest BCUT2D eigenvalue weighted by Crippen LogP contribution is -2.46. The normalized spacial score (nSPS) is 14.6. The molecular weight excluding hydrogens is 435 g/mol. The Balaban J connectivity index is 1.72. The highest BCUT2D eigenvalue weighted by Crippen LogP contribution is 2.25. The van der Waals surface area contributed by atoms with Crippen LogP contribution in [0.5, 0.6) is 0 Å². The molecule has 2 amide bonds. The van der Waals surface area contributed by atoms with Crippen LogP contribution in [0.25, 0.3) is 0 Å². The van der Waals surface area contributed by atoms with Crippen LogP contribution in [0.3, 0.4) is 0 Å². The lowest BCUT2D eigenvalue weighted by molar-refractivity contribution is -0.151. The minimum atomic E-state index is -0.190. The Labute approximate surface area is 185 Å². The molecule has 0 unspecified atom stereocenters. The molecule has 2 rings (SSSR count). The summed E-state index contributed by atoms with van der Waals surface area (Å²) in [6, 6.07) is 5.28. The molecule has 0 bridgehead atoms. The van der Waals surface area contributed by atoms with Crippen LogP contribution in [-0.4, -0.2) is 66.6 Å². The van der Waals surface area contributed by atoms with Crippen LogP contribution in [0.4, 0.5) is 0 Å². The number of carbonyl (C=O) groups is 3. The average Bonchev–Trinajstić information content (AvgIpc) is 2.69. The standard InChI is InChI=1S/C20H26Cl2N2O4S/c1-3-28-20(27)14-6-8-24(9-7-14)18(25)11-23(2)19(26)13-29-12-15-4-5-16(21)10-17(15)22/h4-5,10,14H,3,6-9,11-13H2,1-2H3. The van der Waals surface area contributed by atoms with Crippen molar-refractivity contribution < 1.29 is 19.1 Å². The maximum absolute atomic E-state index is 12.5. The first-order valence-corrected chi connectivity index (χ1v) is 11.4. The number of rotatable bonds is 8. The Morgan fingerprint density at radius 2 is 1.93 bits per heavy atom. The molecule has 0 N–H and O–H groups in total. The topological polar surface area (TPSA) is 66.9 Å². The van der Waals surface area contributed by atoms with Crippen LogP contribution in [0, 0.1) is 5.92 Å². The Bertz CT molecular complexity index is 739. The molecule has 29 heavy (non-hydrogen) atoms. The van der Waals surface area contributed by atoms with Gasteiger partial charge in [0.25, 0.3) is 0 Å². The zero-order chi connectivity index (χ0) is 21.4. The van der Waals surface area contributed by atoms with Gasteiger partial charge in [0.05, 0.1) is 24.8 Å². The molecule has 0 spiro atoms. The van der Waals surface area contributed by atoms with Crippen molar-refractivity contribution in [3.05, 3.63) is 33.8 Å². The number of hydrogen-bond acceptors (Lipinski definition) is 5. The van der Waals surface area contributed by atoms with Gasteiger partial charge in [-0.3, -0.25) is 14.4 Å². The minimum Gasteiger partial charge on any atom is -0.466 e. The first-order valence-electron chi connectivity index (χ1n) is 9.51. The van der Waals surface area contributed by atoms with Gasteiger partial charge in [-0.2, -0.15) is 0 Å². The van der Waals surface area contributed by atoms with Gasteiger partial charge in [0.15, 0.2) is 0 Å². The number of esters is 1. The van der Waals surface area contributed by atoms with Gasteiger partial charge >= 0.3 is 5.97 Å². The van der Waals surface area contributed by atoms with Gasteiger partial charge in [0.2, 0.25) is 11.8 Å². The van der Waals surface area contributed by atoms with Gasteiger partial charge in [-0.05, 0) is 37.5 Å². The van der Waals surface area contributed by atoms with Gasteiger partial charge in [0.1, 0.15) is 0 Å². The molecule has 1 aliphatic heterocycles. The maximum atomic E-state index is 12.5. The summed E-state index contributed by atoms with van der Waals surface area (Å²) in [6.45, 7) is 3.20. The fourth-order valence-corrected chi connectivity index (χ4v) is 4.54. The number of hydrogen-bond donors (Lipinski definition) is 0. The molecular formula is C20H26Cl2N2O4S. The molecule has 6 nitrogen and oxygen atoms in total. The van der Waals surface area contributed by atoms with Crippen LogP contribution in [-0.2, 0) is 24.9 Å². The van der Waals surface area contributed by atoms with Crippen molar-refractivity contribution in [3.63, 3.8) is 0 Å². The summed E-state index contributed by atoms with van der Waals surface area (Å²) in [7, 11) is 1.63. The minimum absolute atomic E-state index is 0.0329. The van der Waals surface area contributed by atoms with E-state index in [0.29, 0.717) is 48.3 Å². The second-order valence-corrected chi connectivity index (χ2v) is 8.71. The van der Waals surface area contributed by atoms with E-state index in [9.17, 15) is 14.4 Å². The number of nitrogens with zero attached hydrogens (tertiary/aromatic N) is 2. The molecule has 1 aromatic rings. The first kappa shape index (κ1) is 23.8. The van der Waals surface area contributed by atoms with Crippen LogP contribution in [0.15, 0.2) is 18.2 Å². The summed E-state index contributed by atoms with van der Waals surface area (Å²) in [6.07, 6.45) is 1.19. The molecule has 0 atom stereocenters. The lowest BCUT2D eigenvalue weighted by atomic mass is 9.97. The van der Waals surface area contributed by atoms with E-state index in [1.165, 1.54) is 16.7 Å². The van der Waals surface area contributed by atoms with E-state index in [-0.39, 0.29) is 36.0 Å². The maximum Gasteiger partial charge on any atom is 0.309 e. The van der Waals surface area contributed by atoms with Crippen molar-refractivity contribution in [2.45, 2.75) is 25.5 Å². The van der Waals surface area contributed by atoms with E-state index in [1.54, 1.807) is 31.0 Å². The Morgan fingerprint density at radius 1 is 1.24 bits per heavy atom. The summed E-state index contributed by atoms with van der Waals surface area (Å²) in [4.78, 5) is 39.7. The van der Waals surface area contributed by atoms with Gasteiger partial charge in [0, 0.05) is 35.9 Å². The molecule has 9 heteroatoms. The summed E-state index contributed by atoms with van der Waals surface area (Å²) in [5.41, 5.74) is 0.914. The molecule has 160 valence electrons. The molecule has 0 saturated carbocycles. The second-order valence-electron chi connectivity index (χ2n) is 6.89. The predicted molar refractivity (Wildman–Crippen MR) is 116 cm³/mol. The third-order valence-electron chi connectivity index (χ3n) is 4.76. The third kappa shape index (κ3) is 7.39. The summed E-state index contributed by atoms with van der Waals surface area (Å²) >= 11 is 13.5. The average molecular weight is 461 g/mol. The molecule has 1 fully saturated rings. The van der Waals surface area contributed by atoms with E-state index < -0.39 is 0 Å². The van der Waals surface area contributed by atoms with Gasteiger partial charge < -0.3 is 14.5 Å². The number of benzene rings is 1. The van der Waals surface area contributed by atoms with Crippen molar-refractivity contribution in [1.82, 2.24) is 9.80 Å². The Morgan fingerprint density at radius 3 is 2.55 bits per heavy atom. The van der Waals surface area contributed by atoms with Crippen molar-refractivity contribution in [3.8, 4) is 0 Å². The number of thioether (sulfide) groups is 1. The molecule has 0 aromatic heterocycles. The number of amides is 2. The number of halogens is 2. The Hall–Kier alpha value is -1.44. The molecule has 1 aromatic carbocycles. The molecule has 0 radical (unpaired) electrons. The Kier molecular flexibility index (Phi) is 9.59. The number of piperidine rings is 1. The highest BCUT2D eigenvalue weighted by molar-refractivity contribution is 7.99.